The van der Waals surface area contributed by atoms with Gasteiger partial charge in [0.15, 0.2) is 0 Å². The van der Waals surface area contributed by atoms with Gasteiger partial charge in [0.1, 0.15) is 21.8 Å². The molecule has 1 aromatic heterocycles. The first kappa shape index (κ1) is 26.5. The minimum atomic E-state index is -0.264. The number of amides is 1. The Bertz CT molecular complexity index is 1320. The number of pyridine rings is 1. The van der Waals surface area contributed by atoms with E-state index in [2.05, 4.69) is 11.0 Å². The molecule has 0 bridgehead atoms. The molecule has 6 nitrogen and oxygen atoms in total. The van der Waals surface area contributed by atoms with Crippen molar-refractivity contribution in [3.8, 4) is 6.07 Å². The highest BCUT2D eigenvalue weighted by atomic mass is 35.5. The van der Waals surface area contributed by atoms with Crippen LogP contribution in [-0.4, -0.2) is 32.8 Å². The van der Waals surface area contributed by atoms with Crippen LogP contribution in [0.25, 0.3) is 6.08 Å². The van der Waals surface area contributed by atoms with Crippen molar-refractivity contribution in [1.29, 1.82) is 5.26 Å². The van der Waals surface area contributed by atoms with E-state index in [0.717, 1.165) is 62.1 Å². The van der Waals surface area contributed by atoms with Crippen LogP contribution in [0.5, 0.6) is 0 Å². The van der Waals surface area contributed by atoms with E-state index in [1.165, 1.54) is 11.8 Å². The Kier molecular flexibility index (Phi) is 8.55. The fraction of sp³-hybridized carbons (Fsp3) is 0.407. The molecule has 2 fully saturated rings. The summed E-state index contributed by atoms with van der Waals surface area (Å²) < 4.78 is 2.19. The zero-order valence-corrected chi connectivity index (χ0v) is 22.9. The molecule has 2 aromatic rings. The molecule has 0 radical (unpaired) electrons. The van der Waals surface area contributed by atoms with Crippen molar-refractivity contribution in [3.05, 3.63) is 66.8 Å². The zero-order valence-electron chi connectivity index (χ0n) is 20.6. The minimum Gasteiger partial charge on any atom is -0.357 e. The number of aromatic nitrogens is 1. The Morgan fingerprint density at radius 1 is 1.17 bits per heavy atom. The van der Waals surface area contributed by atoms with E-state index in [0.29, 0.717) is 32.9 Å². The van der Waals surface area contributed by atoms with Gasteiger partial charge in [-0.15, -0.1) is 0 Å². The molecular weight excluding hydrogens is 512 g/mol. The monoisotopic (exact) mass is 540 g/mol. The van der Waals surface area contributed by atoms with Crippen LogP contribution in [0, 0.1) is 18.3 Å². The maximum absolute atomic E-state index is 13.5. The van der Waals surface area contributed by atoms with Crippen molar-refractivity contribution in [2.24, 2.45) is 0 Å². The lowest BCUT2D eigenvalue weighted by Crippen LogP contribution is -2.35. The maximum Gasteiger partial charge on any atom is 0.270 e. The second-order valence-corrected chi connectivity index (χ2v) is 11.1. The summed E-state index contributed by atoms with van der Waals surface area (Å²) in [5.74, 6) is 0.606. The first-order chi connectivity index (χ1) is 17.4. The number of anilines is 1. The lowest BCUT2D eigenvalue weighted by molar-refractivity contribution is -0.122. The smallest absolute Gasteiger partial charge is 0.270 e. The number of hydrogen-bond donors (Lipinski definition) is 0. The molecule has 4 rings (SSSR count). The van der Waals surface area contributed by atoms with Crippen LogP contribution in [0.2, 0.25) is 5.02 Å². The summed E-state index contributed by atoms with van der Waals surface area (Å²) in [4.78, 5) is 31.1. The molecule has 188 valence electrons. The maximum atomic E-state index is 13.5. The molecule has 36 heavy (non-hydrogen) atoms. The van der Waals surface area contributed by atoms with Crippen molar-refractivity contribution in [2.75, 3.05) is 18.0 Å². The number of carbonyl (C=O) groups is 1. The molecule has 1 aromatic carbocycles. The quantitative estimate of drug-likeness (QED) is 0.337. The van der Waals surface area contributed by atoms with Crippen LogP contribution in [0.3, 0.4) is 0 Å². The molecule has 3 heterocycles. The third kappa shape index (κ3) is 5.24. The van der Waals surface area contributed by atoms with Crippen LogP contribution in [0.1, 0.15) is 61.3 Å². The average Bonchev–Trinajstić information content (AvgIpc) is 3.03. The summed E-state index contributed by atoms with van der Waals surface area (Å²) in [5.41, 5.74) is 2.03. The van der Waals surface area contributed by atoms with Crippen molar-refractivity contribution in [2.45, 2.75) is 59.0 Å². The van der Waals surface area contributed by atoms with Gasteiger partial charge < -0.3 is 4.90 Å². The molecule has 0 aliphatic carbocycles. The third-order valence-corrected chi connectivity index (χ3v) is 8.38. The van der Waals surface area contributed by atoms with E-state index in [1.54, 1.807) is 22.5 Å². The summed E-state index contributed by atoms with van der Waals surface area (Å²) in [6, 6.07) is 9.52. The first-order valence-corrected chi connectivity index (χ1v) is 13.9. The largest absolute Gasteiger partial charge is 0.357 e. The highest BCUT2D eigenvalue weighted by Gasteiger charge is 2.33. The van der Waals surface area contributed by atoms with Crippen molar-refractivity contribution < 1.29 is 4.79 Å². The number of hydrogen-bond acceptors (Lipinski definition) is 6. The molecule has 1 amide bonds. The van der Waals surface area contributed by atoms with Gasteiger partial charge in [-0.25, -0.2) is 0 Å². The highest BCUT2D eigenvalue weighted by Crippen LogP contribution is 2.37. The van der Waals surface area contributed by atoms with Crippen LogP contribution in [0.15, 0.2) is 34.0 Å². The van der Waals surface area contributed by atoms with E-state index in [1.807, 2.05) is 31.2 Å². The summed E-state index contributed by atoms with van der Waals surface area (Å²) in [6.45, 7) is 6.29. The van der Waals surface area contributed by atoms with Gasteiger partial charge in [-0.3, -0.25) is 19.1 Å². The second kappa shape index (κ2) is 11.6. The normalized spacial score (nSPS) is 17.6. The fourth-order valence-electron chi connectivity index (χ4n) is 4.76. The molecule has 0 atom stereocenters. The van der Waals surface area contributed by atoms with E-state index in [4.69, 9.17) is 23.8 Å². The molecular formula is C27H29ClN4O2S2. The Balaban J connectivity index is 1.83. The van der Waals surface area contributed by atoms with E-state index in [9.17, 15) is 14.9 Å². The molecule has 0 N–H and O–H groups in total. The lowest BCUT2D eigenvalue weighted by atomic mass is 10.0. The van der Waals surface area contributed by atoms with Crippen LogP contribution < -0.4 is 10.5 Å². The fourth-order valence-corrected chi connectivity index (χ4v) is 6.20. The molecule has 2 saturated heterocycles. The molecule has 9 heteroatoms. The number of carbonyl (C=O) groups excluding carboxylic acids is 1. The van der Waals surface area contributed by atoms with Gasteiger partial charge in [0.2, 0.25) is 0 Å². The number of halogens is 1. The van der Waals surface area contributed by atoms with Crippen molar-refractivity contribution in [3.63, 3.8) is 0 Å². The number of thioether (sulfide) groups is 1. The summed E-state index contributed by atoms with van der Waals surface area (Å²) >= 11 is 13.1. The first-order valence-electron chi connectivity index (χ1n) is 12.3. The standard InChI is InChI=1S/C27H29ClN4O2S2/c1-3-12-31-24(30-13-8-4-5-9-14-30)20(18(2)21(16-29)25(31)33)15-23-26(34)32(27(35)36-23)17-19-10-6-7-11-22(19)28/h6-7,10-11,15H,3-5,8-9,12-14,17H2,1-2H3. The second-order valence-electron chi connectivity index (χ2n) is 9.07. The predicted molar refractivity (Wildman–Crippen MR) is 151 cm³/mol. The van der Waals surface area contributed by atoms with E-state index < -0.39 is 0 Å². The van der Waals surface area contributed by atoms with E-state index in [-0.39, 0.29) is 17.0 Å². The number of thiocarbonyl (C=S) groups is 1. The Morgan fingerprint density at radius 3 is 2.50 bits per heavy atom. The topological polar surface area (TPSA) is 69.3 Å². The van der Waals surface area contributed by atoms with Gasteiger partial charge in [0.05, 0.1) is 11.4 Å². The highest BCUT2D eigenvalue weighted by molar-refractivity contribution is 8.26. The number of benzene rings is 1. The lowest BCUT2D eigenvalue weighted by Gasteiger charge is -2.29. The van der Waals surface area contributed by atoms with Gasteiger partial charge in [-0.1, -0.05) is 73.5 Å². The number of nitrogens with zero attached hydrogens (tertiary/aromatic N) is 4. The Morgan fingerprint density at radius 2 is 1.86 bits per heavy atom. The SMILES string of the molecule is CCCn1c(N2CCCCCC2)c(C=C2SC(=S)N(Cc3ccccc3Cl)C2=O)c(C)c(C#N)c1=O. The summed E-state index contributed by atoms with van der Waals surface area (Å²) in [5, 5.41) is 10.4. The third-order valence-electron chi connectivity index (χ3n) is 6.63. The van der Waals surface area contributed by atoms with E-state index >= 15 is 0 Å². The molecule has 2 aliphatic rings. The summed E-state index contributed by atoms with van der Waals surface area (Å²) in [6.07, 6.45) is 6.97. The van der Waals surface area contributed by atoms with Crippen LogP contribution in [0.4, 0.5) is 5.82 Å². The predicted octanol–water partition coefficient (Wildman–Crippen LogP) is 5.87. The van der Waals surface area contributed by atoms with Gasteiger partial charge in [-0.2, -0.15) is 5.26 Å². The van der Waals surface area contributed by atoms with Gasteiger partial charge in [-0.05, 0) is 49.5 Å². The van der Waals surface area contributed by atoms with Crippen LogP contribution in [-0.2, 0) is 17.9 Å². The zero-order chi connectivity index (χ0) is 25.8. The Hall–Kier alpha value is -2.60. The molecule has 0 unspecified atom stereocenters. The Labute approximate surface area is 226 Å². The minimum absolute atomic E-state index is 0.125. The molecule has 2 aliphatic heterocycles. The average molecular weight is 541 g/mol. The van der Waals surface area contributed by atoms with Gasteiger partial charge >= 0.3 is 0 Å². The van der Waals surface area contributed by atoms with Gasteiger partial charge in [0.25, 0.3) is 11.5 Å². The molecule has 0 saturated carbocycles. The van der Waals surface area contributed by atoms with Crippen molar-refractivity contribution in [1.82, 2.24) is 9.47 Å². The number of rotatable bonds is 6. The van der Waals surface area contributed by atoms with Crippen LogP contribution >= 0.6 is 35.6 Å². The number of nitriles is 1. The molecule has 0 spiro atoms. The summed E-state index contributed by atoms with van der Waals surface area (Å²) in [7, 11) is 0. The van der Waals surface area contributed by atoms with Gasteiger partial charge in [0, 0.05) is 30.2 Å². The van der Waals surface area contributed by atoms with Crippen molar-refractivity contribution >= 4 is 57.7 Å².